The van der Waals surface area contributed by atoms with Crippen LogP contribution in [0.25, 0.3) is 0 Å². The Bertz CT molecular complexity index is 237. The molecule has 0 atom stereocenters. The minimum absolute atomic E-state index is 0.618. The molecule has 4 heteroatoms. The standard InChI is InChI=1S/C9H16N2OS/c1-3-4-10-5-9-8(6-12-2)11-7-13-9/h7,10H,3-6H2,1-2H3. The zero-order valence-electron chi connectivity index (χ0n) is 8.17. The van der Waals surface area contributed by atoms with Crippen LogP contribution in [0, 0.1) is 0 Å². The molecule has 0 saturated heterocycles. The molecule has 1 N–H and O–H groups in total. The van der Waals surface area contributed by atoms with Crippen LogP contribution < -0.4 is 5.32 Å². The summed E-state index contributed by atoms with van der Waals surface area (Å²) < 4.78 is 5.05. The van der Waals surface area contributed by atoms with Crippen molar-refractivity contribution in [1.82, 2.24) is 10.3 Å². The maximum atomic E-state index is 5.05. The van der Waals surface area contributed by atoms with Gasteiger partial charge < -0.3 is 10.1 Å². The lowest BCUT2D eigenvalue weighted by atomic mass is 10.3. The van der Waals surface area contributed by atoms with E-state index in [0.717, 1.165) is 18.8 Å². The fraction of sp³-hybridized carbons (Fsp3) is 0.667. The topological polar surface area (TPSA) is 34.2 Å². The summed E-state index contributed by atoms with van der Waals surface area (Å²) in [6.45, 7) is 4.75. The van der Waals surface area contributed by atoms with Crippen LogP contribution in [-0.4, -0.2) is 18.6 Å². The molecule has 0 amide bonds. The van der Waals surface area contributed by atoms with Crippen LogP contribution in [0.5, 0.6) is 0 Å². The average Bonchev–Trinajstić information content (AvgIpc) is 2.54. The lowest BCUT2D eigenvalue weighted by Crippen LogP contribution is -2.14. The van der Waals surface area contributed by atoms with E-state index in [1.54, 1.807) is 18.4 Å². The number of ether oxygens (including phenoxy) is 1. The summed E-state index contributed by atoms with van der Waals surface area (Å²) >= 11 is 1.69. The predicted octanol–water partition coefficient (Wildman–Crippen LogP) is 1.79. The van der Waals surface area contributed by atoms with Crippen molar-refractivity contribution in [2.45, 2.75) is 26.5 Å². The minimum atomic E-state index is 0.618. The molecule has 0 aliphatic heterocycles. The maximum Gasteiger partial charge on any atom is 0.0895 e. The van der Waals surface area contributed by atoms with Gasteiger partial charge in [0.05, 0.1) is 17.8 Å². The number of nitrogens with zero attached hydrogens (tertiary/aromatic N) is 1. The van der Waals surface area contributed by atoms with Crippen LogP contribution in [0.3, 0.4) is 0 Å². The second kappa shape index (κ2) is 6.07. The number of nitrogens with one attached hydrogen (secondary N) is 1. The molecule has 1 heterocycles. The molecule has 0 unspecified atom stereocenters. The van der Waals surface area contributed by atoms with Crippen LogP contribution in [0.1, 0.15) is 23.9 Å². The zero-order valence-corrected chi connectivity index (χ0v) is 8.99. The summed E-state index contributed by atoms with van der Waals surface area (Å²) in [5.74, 6) is 0. The van der Waals surface area contributed by atoms with Crippen molar-refractivity contribution in [2.24, 2.45) is 0 Å². The summed E-state index contributed by atoms with van der Waals surface area (Å²) in [7, 11) is 1.70. The molecular weight excluding hydrogens is 184 g/mol. The zero-order chi connectivity index (χ0) is 9.52. The Morgan fingerprint density at radius 3 is 3.15 bits per heavy atom. The Morgan fingerprint density at radius 2 is 2.46 bits per heavy atom. The van der Waals surface area contributed by atoms with Gasteiger partial charge in [-0.05, 0) is 13.0 Å². The molecule has 0 fully saturated rings. The predicted molar refractivity (Wildman–Crippen MR) is 54.8 cm³/mol. The van der Waals surface area contributed by atoms with Gasteiger partial charge in [0.1, 0.15) is 0 Å². The SMILES string of the molecule is CCCNCc1scnc1COC. The largest absolute Gasteiger partial charge is 0.378 e. The van der Waals surface area contributed by atoms with Crippen LogP contribution in [0.4, 0.5) is 0 Å². The summed E-state index contributed by atoms with van der Waals surface area (Å²) in [5.41, 5.74) is 2.94. The molecule has 1 aromatic rings. The molecule has 0 saturated carbocycles. The first kappa shape index (κ1) is 10.6. The summed E-state index contributed by atoms with van der Waals surface area (Å²) in [4.78, 5) is 5.53. The van der Waals surface area contributed by atoms with E-state index in [1.807, 2.05) is 5.51 Å². The number of hydrogen-bond donors (Lipinski definition) is 1. The second-order valence-corrected chi connectivity index (χ2v) is 3.77. The molecule has 1 rings (SSSR count). The van der Waals surface area contributed by atoms with E-state index in [1.165, 1.54) is 11.3 Å². The van der Waals surface area contributed by atoms with Crippen molar-refractivity contribution in [1.29, 1.82) is 0 Å². The van der Waals surface area contributed by atoms with Gasteiger partial charge in [0.25, 0.3) is 0 Å². The van der Waals surface area contributed by atoms with E-state index in [0.29, 0.717) is 6.61 Å². The van der Waals surface area contributed by atoms with E-state index >= 15 is 0 Å². The average molecular weight is 200 g/mol. The number of aromatic nitrogens is 1. The third-order valence-electron chi connectivity index (χ3n) is 1.72. The van der Waals surface area contributed by atoms with Crippen molar-refractivity contribution < 1.29 is 4.74 Å². The number of methoxy groups -OCH3 is 1. The molecule has 74 valence electrons. The molecule has 0 aliphatic carbocycles. The smallest absolute Gasteiger partial charge is 0.0895 e. The molecule has 0 spiro atoms. The highest BCUT2D eigenvalue weighted by Gasteiger charge is 2.04. The van der Waals surface area contributed by atoms with Crippen LogP contribution >= 0.6 is 11.3 Å². The van der Waals surface area contributed by atoms with Gasteiger partial charge in [0.15, 0.2) is 0 Å². The molecular formula is C9H16N2OS. The van der Waals surface area contributed by atoms with Crippen LogP contribution in [-0.2, 0) is 17.9 Å². The lowest BCUT2D eigenvalue weighted by molar-refractivity contribution is 0.181. The highest BCUT2D eigenvalue weighted by Crippen LogP contribution is 2.13. The van der Waals surface area contributed by atoms with E-state index in [-0.39, 0.29) is 0 Å². The first-order chi connectivity index (χ1) is 6.38. The van der Waals surface area contributed by atoms with Crippen LogP contribution in [0.2, 0.25) is 0 Å². The molecule has 1 aromatic heterocycles. The highest BCUT2D eigenvalue weighted by atomic mass is 32.1. The number of hydrogen-bond acceptors (Lipinski definition) is 4. The van der Waals surface area contributed by atoms with Gasteiger partial charge in [-0.2, -0.15) is 0 Å². The van der Waals surface area contributed by atoms with E-state index in [4.69, 9.17) is 4.74 Å². The molecule has 0 aromatic carbocycles. The molecule has 13 heavy (non-hydrogen) atoms. The summed E-state index contributed by atoms with van der Waals surface area (Å²) in [6, 6.07) is 0. The van der Waals surface area contributed by atoms with E-state index in [9.17, 15) is 0 Å². The van der Waals surface area contributed by atoms with Crippen molar-refractivity contribution >= 4 is 11.3 Å². The van der Waals surface area contributed by atoms with Crippen LogP contribution in [0.15, 0.2) is 5.51 Å². The van der Waals surface area contributed by atoms with Gasteiger partial charge >= 0.3 is 0 Å². The fourth-order valence-corrected chi connectivity index (χ4v) is 1.81. The Morgan fingerprint density at radius 1 is 1.62 bits per heavy atom. The Hall–Kier alpha value is -0.450. The quantitative estimate of drug-likeness (QED) is 0.711. The lowest BCUT2D eigenvalue weighted by Gasteiger charge is -2.02. The minimum Gasteiger partial charge on any atom is -0.378 e. The van der Waals surface area contributed by atoms with Gasteiger partial charge in [-0.3, -0.25) is 0 Å². The fourth-order valence-electron chi connectivity index (χ4n) is 1.07. The number of thiazole rings is 1. The van der Waals surface area contributed by atoms with Gasteiger partial charge in [0.2, 0.25) is 0 Å². The monoisotopic (exact) mass is 200 g/mol. The highest BCUT2D eigenvalue weighted by molar-refractivity contribution is 7.09. The van der Waals surface area contributed by atoms with Gasteiger partial charge in [-0.1, -0.05) is 6.92 Å². The maximum absolute atomic E-state index is 5.05. The Balaban J connectivity index is 2.40. The first-order valence-electron chi connectivity index (χ1n) is 4.49. The van der Waals surface area contributed by atoms with Gasteiger partial charge in [0, 0.05) is 18.5 Å². The molecule has 0 radical (unpaired) electrons. The molecule has 0 aliphatic rings. The Kier molecular flexibility index (Phi) is 4.97. The van der Waals surface area contributed by atoms with Gasteiger partial charge in [-0.15, -0.1) is 11.3 Å². The Labute approximate surface area is 83.1 Å². The summed E-state index contributed by atoms with van der Waals surface area (Å²) in [6.07, 6.45) is 1.17. The number of rotatable bonds is 6. The van der Waals surface area contributed by atoms with Crippen molar-refractivity contribution in [2.75, 3.05) is 13.7 Å². The third-order valence-corrected chi connectivity index (χ3v) is 2.59. The molecule has 0 bridgehead atoms. The third kappa shape index (κ3) is 3.42. The normalized spacial score (nSPS) is 10.6. The van der Waals surface area contributed by atoms with Gasteiger partial charge in [-0.25, -0.2) is 4.98 Å². The van der Waals surface area contributed by atoms with Crippen molar-refractivity contribution in [3.63, 3.8) is 0 Å². The second-order valence-electron chi connectivity index (χ2n) is 2.83. The molecule has 3 nitrogen and oxygen atoms in total. The summed E-state index contributed by atoms with van der Waals surface area (Å²) in [5, 5.41) is 3.35. The van der Waals surface area contributed by atoms with Crippen molar-refractivity contribution in [3.8, 4) is 0 Å². The first-order valence-corrected chi connectivity index (χ1v) is 5.37. The van der Waals surface area contributed by atoms with E-state index < -0.39 is 0 Å². The van der Waals surface area contributed by atoms with Crippen molar-refractivity contribution in [3.05, 3.63) is 16.1 Å². The van der Waals surface area contributed by atoms with E-state index in [2.05, 4.69) is 17.2 Å².